The first kappa shape index (κ1) is 14.0. The fourth-order valence-corrected chi connectivity index (χ4v) is 3.54. The number of halogens is 1. The maximum Gasteiger partial charge on any atom is 0.0305 e. The summed E-state index contributed by atoms with van der Waals surface area (Å²) in [5.41, 5.74) is 4.74. The molecule has 0 aromatic heterocycles. The Kier molecular flexibility index (Phi) is 4.82. The molecule has 1 fully saturated rings. The molecule has 0 bridgehead atoms. The van der Waals surface area contributed by atoms with Crippen molar-refractivity contribution >= 4 is 15.9 Å². The highest BCUT2D eigenvalue weighted by Crippen LogP contribution is 2.40. The third kappa shape index (κ3) is 3.14. The van der Waals surface area contributed by atoms with Crippen LogP contribution in [0.4, 0.5) is 0 Å². The van der Waals surface area contributed by atoms with Gasteiger partial charge >= 0.3 is 0 Å². The number of hydrogen-bond donors (Lipinski definition) is 2. The summed E-state index contributed by atoms with van der Waals surface area (Å²) in [6.07, 6.45) is 7.62. The zero-order valence-electron chi connectivity index (χ0n) is 11.1. The lowest BCUT2D eigenvalue weighted by Crippen LogP contribution is -2.49. The van der Waals surface area contributed by atoms with Crippen molar-refractivity contribution in [2.45, 2.75) is 51.5 Å². The van der Waals surface area contributed by atoms with E-state index >= 15 is 0 Å². The Morgan fingerprint density at radius 2 is 1.94 bits per heavy atom. The molecule has 1 atom stereocenters. The minimum atomic E-state index is 0.336. The molecule has 1 unspecified atom stereocenters. The predicted octanol–water partition coefficient (Wildman–Crippen LogP) is 3.79. The molecule has 0 aliphatic heterocycles. The summed E-state index contributed by atoms with van der Waals surface area (Å²) in [6.45, 7) is 2.38. The van der Waals surface area contributed by atoms with Crippen molar-refractivity contribution in [3.8, 4) is 0 Å². The molecule has 3 N–H and O–H groups in total. The summed E-state index contributed by atoms with van der Waals surface area (Å²) in [5, 5.41) is 0. The van der Waals surface area contributed by atoms with Crippen molar-refractivity contribution in [1.82, 2.24) is 5.43 Å². The predicted molar refractivity (Wildman–Crippen MR) is 80.1 cm³/mol. The molecule has 0 amide bonds. The van der Waals surface area contributed by atoms with Crippen LogP contribution < -0.4 is 11.3 Å². The van der Waals surface area contributed by atoms with Crippen LogP contribution in [0.15, 0.2) is 28.7 Å². The van der Waals surface area contributed by atoms with Gasteiger partial charge in [-0.05, 0) is 36.3 Å². The van der Waals surface area contributed by atoms with Crippen LogP contribution in [-0.2, 0) is 6.42 Å². The first-order valence-corrected chi connectivity index (χ1v) is 7.64. The van der Waals surface area contributed by atoms with Crippen molar-refractivity contribution in [2.75, 3.05) is 0 Å². The molecule has 100 valence electrons. The molecule has 3 heteroatoms. The Balaban J connectivity index is 2.11. The van der Waals surface area contributed by atoms with E-state index in [0.29, 0.717) is 11.5 Å². The quantitative estimate of drug-likeness (QED) is 0.656. The smallest absolute Gasteiger partial charge is 0.0305 e. The number of hydrogen-bond acceptors (Lipinski definition) is 2. The molecule has 1 aromatic carbocycles. The standard InChI is InChI=1S/C15H23BrN2/c1-15(9-5-2-6-10-15)14(18-17)11-12-7-3-4-8-13(12)16/h3-4,7-8,14,18H,2,5-6,9-11,17H2,1H3. The van der Waals surface area contributed by atoms with E-state index in [2.05, 4.69) is 52.5 Å². The van der Waals surface area contributed by atoms with Crippen molar-refractivity contribution in [3.05, 3.63) is 34.3 Å². The Labute approximate surface area is 118 Å². The number of benzene rings is 1. The fraction of sp³-hybridized carbons (Fsp3) is 0.600. The minimum Gasteiger partial charge on any atom is -0.271 e. The largest absolute Gasteiger partial charge is 0.271 e. The normalized spacial score (nSPS) is 20.6. The SMILES string of the molecule is CC1(C(Cc2ccccc2Br)NN)CCCCC1. The molecule has 2 rings (SSSR count). The molecule has 0 spiro atoms. The Bertz CT molecular complexity index is 386. The maximum atomic E-state index is 5.82. The van der Waals surface area contributed by atoms with Gasteiger partial charge in [-0.25, -0.2) is 0 Å². The van der Waals surface area contributed by atoms with Crippen LogP contribution in [0, 0.1) is 5.41 Å². The van der Waals surface area contributed by atoms with E-state index < -0.39 is 0 Å². The van der Waals surface area contributed by atoms with Gasteiger partial charge in [-0.3, -0.25) is 11.3 Å². The van der Waals surface area contributed by atoms with E-state index in [4.69, 9.17) is 5.84 Å². The second-order valence-electron chi connectivity index (χ2n) is 5.73. The zero-order valence-corrected chi connectivity index (χ0v) is 12.7. The van der Waals surface area contributed by atoms with Gasteiger partial charge < -0.3 is 0 Å². The van der Waals surface area contributed by atoms with Gasteiger partial charge in [-0.15, -0.1) is 0 Å². The zero-order chi connectivity index (χ0) is 13.0. The van der Waals surface area contributed by atoms with E-state index in [9.17, 15) is 0 Å². The van der Waals surface area contributed by atoms with E-state index in [1.54, 1.807) is 0 Å². The van der Waals surface area contributed by atoms with Crippen LogP contribution in [-0.4, -0.2) is 6.04 Å². The average Bonchev–Trinajstić information content (AvgIpc) is 2.38. The van der Waals surface area contributed by atoms with Gasteiger partial charge in [-0.1, -0.05) is 60.3 Å². The van der Waals surface area contributed by atoms with Gasteiger partial charge in [0.2, 0.25) is 0 Å². The van der Waals surface area contributed by atoms with Crippen molar-refractivity contribution in [3.63, 3.8) is 0 Å². The van der Waals surface area contributed by atoms with Crippen LogP contribution in [0.3, 0.4) is 0 Å². The molecule has 0 heterocycles. The first-order valence-electron chi connectivity index (χ1n) is 6.85. The second kappa shape index (κ2) is 6.18. The van der Waals surface area contributed by atoms with E-state index in [1.807, 2.05) is 0 Å². The summed E-state index contributed by atoms with van der Waals surface area (Å²) in [4.78, 5) is 0. The molecule has 0 radical (unpaired) electrons. The van der Waals surface area contributed by atoms with E-state index in [1.165, 1.54) is 42.1 Å². The maximum absolute atomic E-state index is 5.82. The van der Waals surface area contributed by atoms with Crippen LogP contribution in [0.5, 0.6) is 0 Å². The van der Waals surface area contributed by atoms with Gasteiger partial charge in [0, 0.05) is 10.5 Å². The van der Waals surface area contributed by atoms with Crippen molar-refractivity contribution in [2.24, 2.45) is 11.3 Å². The summed E-state index contributed by atoms with van der Waals surface area (Å²) in [7, 11) is 0. The Hall–Kier alpha value is -0.380. The van der Waals surface area contributed by atoms with Crippen LogP contribution in [0.1, 0.15) is 44.6 Å². The number of nitrogens with two attached hydrogens (primary N) is 1. The Morgan fingerprint density at radius 3 is 2.56 bits per heavy atom. The van der Waals surface area contributed by atoms with Gasteiger partial charge in [0.15, 0.2) is 0 Å². The number of rotatable bonds is 4. The number of hydrazine groups is 1. The van der Waals surface area contributed by atoms with Gasteiger partial charge in [0.05, 0.1) is 0 Å². The third-order valence-corrected chi connectivity index (χ3v) is 5.19. The monoisotopic (exact) mass is 310 g/mol. The average molecular weight is 311 g/mol. The highest BCUT2D eigenvalue weighted by molar-refractivity contribution is 9.10. The molecule has 1 aliphatic carbocycles. The lowest BCUT2D eigenvalue weighted by atomic mass is 9.69. The summed E-state index contributed by atoms with van der Waals surface area (Å²) in [5.74, 6) is 5.82. The molecule has 1 saturated carbocycles. The van der Waals surface area contributed by atoms with Gasteiger partial charge in [-0.2, -0.15) is 0 Å². The fourth-order valence-electron chi connectivity index (χ4n) is 3.10. The Morgan fingerprint density at radius 1 is 1.28 bits per heavy atom. The molecular weight excluding hydrogens is 288 g/mol. The van der Waals surface area contributed by atoms with Crippen molar-refractivity contribution in [1.29, 1.82) is 0 Å². The highest BCUT2D eigenvalue weighted by Gasteiger charge is 2.34. The van der Waals surface area contributed by atoms with Crippen LogP contribution >= 0.6 is 15.9 Å². The molecule has 2 nitrogen and oxygen atoms in total. The van der Waals surface area contributed by atoms with Crippen LogP contribution in [0.2, 0.25) is 0 Å². The molecule has 18 heavy (non-hydrogen) atoms. The molecule has 0 saturated heterocycles. The lowest BCUT2D eigenvalue weighted by Gasteiger charge is -2.40. The summed E-state index contributed by atoms with van der Waals surface area (Å²) >= 11 is 3.63. The third-order valence-electron chi connectivity index (χ3n) is 4.42. The topological polar surface area (TPSA) is 38.0 Å². The van der Waals surface area contributed by atoms with E-state index in [-0.39, 0.29) is 0 Å². The lowest BCUT2D eigenvalue weighted by molar-refractivity contribution is 0.144. The molecular formula is C15H23BrN2. The first-order chi connectivity index (χ1) is 8.65. The minimum absolute atomic E-state index is 0.336. The highest BCUT2D eigenvalue weighted by atomic mass is 79.9. The molecule has 1 aliphatic rings. The summed E-state index contributed by atoms with van der Waals surface area (Å²) in [6, 6.07) is 8.79. The van der Waals surface area contributed by atoms with Crippen LogP contribution in [0.25, 0.3) is 0 Å². The van der Waals surface area contributed by atoms with E-state index in [0.717, 1.165) is 6.42 Å². The number of nitrogens with one attached hydrogen (secondary N) is 1. The second-order valence-corrected chi connectivity index (χ2v) is 6.58. The molecule has 1 aromatic rings. The van der Waals surface area contributed by atoms with Gasteiger partial charge in [0.1, 0.15) is 0 Å². The summed E-state index contributed by atoms with van der Waals surface area (Å²) < 4.78 is 1.18. The van der Waals surface area contributed by atoms with Crippen molar-refractivity contribution < 1.29 is 0 Å². The van der Waals surface area contributed by atoms with Gasteiger partial charge in [0.25, 0.3) is 0 Å².